The highest BCUT2D eigenvalue weighted by molar-refractivity contribution is 5.87. The quantitative estimate of drug-likeness (QED) is 0.184. The molecule has 35 heavy (non-hydrogen) atoms. The molecule has 0 aromatic rings. The maximum atomic E-state index is 11.8. The van der Waals surface area contributed by atoms with Crippen molar-refractivity contribution in [3.05, 3.63) is 22.6 Å². The van der Waals surface area contributed by atoms with Crippen LogP contribution >= 0.6 is 0 Å². The Balaban J connectivity index is 1.43. The minimum Gasteiger partial charge on any atom is -0.393 e. The number of carbonyl (C=O) groups excluding carboxylic acids is 1. The number of amides is 1. The fourth-order valence-electron chi connectivity index (χ4n) is 9.09. The summed E-state index contributed by atoms with van der Waals surface area (Å²) in [5, 5.41) is 39.1. The van der Waals surface area contributed by atoms with E-state index < -0.39 is 0 Å². The summed E-state index contributed by atoms with van der Waals surface area (Å²) in [5.41, 5.74) is 8.18. The number of aliphatic hydroxyl groups excluding tert-OH is 3. The van der Waals surface area contributed by atoms with E-state index in [1.165, 1.54) is 6.08 Å². The molecule has 0 saturated heterocycles. The predicted octanol–water partition coefficient (Wildman–Crippen LogP) is 4.30. The van der Waals surface area contributed by atoms with E-state index in [-0.39, 0.29) is 47.6 Å². The highest BCUT2D eigenvalue weighted by Crippen LogP contribution is 2.68. The second-order valence-corrected chi connectivity index (χ2v) is 12.4. The highest BCUT2D eigenvalue weighted by Gasteiger charge is 2.65. The van der Waals surface area contributed by atoms with Crippen molar-refractivity contribution in [2.45, 2.75) is 96.9 Å². The van der Waals surface area contributed by atoms with Gasteiger partial charge in [-0.1, -0.05) is 32.0 Å². The van der Waals surface area contributed by atoms with E-state index in [9.17, 15) is 20.1 Å². The second kappa shape index (κ2) is 10.4. The number of carbonyl (C=O) groups is 1. The summed E-state index contributed by atoms with van der Waals surface area (Å²) < 4.78 is 0. The molecule has 4 aliphatic rings. The lowest BCUT2D eigenvalue weighted by molar-refractivity contribution is -0.207. The second-order valence-electron chi connectivity index (χ2n) is 12.4. The van der Waals surface area contributed by atoms with Crippen LogP contribution in [-0.4, -0.2) is 46.2 Å². The molecule has 11 atom stereocenters. The van der Waals surface area contributed by atoms with Gasteiger partial charge in [-0.25, -0.2) is 0 Å². The third-order valence-corrected chi connectivity index (χ3v) is 11.0. The largest absolute Gasteiger partial charge is 0.393 e. The van der Waals surface area contributed by atoms with Crippen molar-refractivity contribution in [3.63, 3.8) is 0 Å². The summed E-state index contributed by atoms with van der Waals surface area (Å²) in [6.45, 7) is 6.86. The Morgan fingerprint density at radius 3 is 2.69 bits per heavy atom. The SMILES string of the molecule is C[C@H](CCC=CC(=O)NCN=[N+]=[N-])[C@H]1CC[C@H]2[C@@H]3[C@H](O)C[C@@H]4C[C@H](O)CC[C@]4(C)[C@H]3C[C@H](O)[C@]12C. The van der Waals surface area contributed by atoms with Crippen LogP contribution in [0.25, 0.3) is 10.4 Å². The van der Waals surface area contributed by atoms with E-state index in [0.29, 0.717) is 29.6 Å². The summed E-state index contributed by atoms with van der Waals surface area (Å²) in [6, 6.07) is 0. The van der Waals surface area contributed by atoms with Crippen molar-refractivity contribution < 1.29 is 20.1 Å². The number of rotatable bonds is 7. The van der Waals surface area contributed by atoms with Crippen molar-refractivity contribution in [3.8, 4) is 0 Å². The summed E-state index contributed by atoms with van der Waals surface area (Å²) in [7, 11) is 0. The topological polar surface area (TPSA) is 139 Å². The van der Waals surface area contributed by atoms with E-state index in [1.807, 2.05) is 6.08 Å². The van der Waals surface area contributed by atoms with Gasteiger partial charge < -0.3 is 20.6 Å². The normalized spacial score (nSPS) is 45.7. The van der Waals surface area contributed by atoms with Crippen LogP contribution in [0.4, 0.5) is 0 Å². The number of nitrogens with zero attached hydrogens (tertiary/aromatic N) is 3. The lowest BCUT2D eigenvalue weighted by Crippen LogP contribution is -2.62. The van der Waals surface area contributed by atoms with Gasteiger partial charge in [0.2, 0.25) is 5.91 Å². The number of azide groups is 1. The first-order chi connectivity index (χ1) is 16.6. The minimum absolute atomic E-state index is 0.0514. The van der Waals surface area contributed by atoms with Gasteiger partial charge in [-0.05, 0) is 116 Å². The third-order valence-electron chi connectivity index (χ3n) is 11.0. The molecule has 4 rings (SSSR count). The third kappa shape index (κ3) is 4.75. The molecule has 0 radical (unpaired) electrons. The van der Waals surface area contributed by atoms with Crippen molar-refractivity contribution in [2.75, 3.05) is 6.67 Å². The number of allylic oxidation sites excluding steroid dienone is 1. The molecule has 0 spiro atoms. The Morgan fingerprint density at radius 2 is 1.94 bits per heavy atom. The lowest BCUT2D eigenvalue weighted by atomic mass is 9.43. The number of fused-ring (bicyclic) bond motifs is 5. The van der Waals surface area contributed by atoms with Crippen molar-refractivity contribution in [1.82, 2.24) is 5.32 Å². The van der Waals surface area contributed by atoms with Gasteiger partial charge in [-0.3, -0.25) is 4.79 Å². The van der Waals surface area contributed by atoms with Crippen LogP contribution in [0.5, 0.6) is 0 Å². The van der Waals surface area contributed by atoms with Crippen LogP contribution in [-0.2, 0) is 4.79 Å². The van der Waals surface area contributed by atoms with Crippen LogP contribution in [0.3, 0.4) is 0 Å². The molecule has 0 bridgehead atoms. The Hall–Kier alpha value is -1.60. The van der Waals surface area contributed by atoms with Gasteiger partial charge in [0.1, 0.15) is 0 Å². The van der Waals surface area contributed by atoms with Crippen LogP contribution in [0, 0.1) is 46.3 Å². The summed E-state index contributed by atoms with van der Waals surface area (Å²) >= 11 is 0. The molecule has 8 nitrogen and oxygen atoms in total. The molecule has 196 valence electrons. The van der Waals surface area contributed by atoms with Gasteiger partial charge in [0.15, 0.2) is 0 Å². The van der Waals surface area contributed by atoms with Crippen molar-refractivity contribution >= 4 is 5.91 Å². The standard InChI is InChI=1S/C27H44N4O4/c1-16(6-4-5-7-24(35)29-15-30-31-28)19-8-9-20-25-21(14-23(34)27(19,20)3)26(2)11-10-18(32)12-17(26)13-22(25)33/h5,7,16-23,25,32-34H,4,6,8-15H2,1-3H3,(H,29,35)/t16-,17+,18-,19-,20+,21+,22-,23+,25+,26+,27-/m1/s1. The highest BCUT2D eigenvalue weighted by atomic mass is 16.3. The predicted molar refractivity (Wildman–Crippen MR) is 134 cm³/mol. The molecule has 4 fully saturated rings. The molecule has 0 aliphatic heterocycles. The summed E-state index contributed by atoms with van der Waals surface area (Å²) in [4.78, 5) is 14.4. The fraction of sp³-hybridized carbons (Fsp3) is 0.889. The molecular weight excluding hydrogens is 444 g/mol. The first-order valence-corrected chi connectivity index (χ1v) is 13.6. The number of aliphatic hydroxyl groups is 3. The summed E-state index contributed by atoms with van der Waals surface area (Å²) in [5.74, 6) is 1.74. The number of hydrogen-bond acceptors (Lipinski definition) is 5. The van der Waals surface area contributed by atoms with Crippen molar-refractivity contribution in [2.24, 2.45) is 51.5 Å². The first-order valence-electron chi connectivity index (χ1n) is 13.6. The molecule has 0 unspecified atom stereocenters. The smallest absolute Gasteiger partial charge is 0.243 e. The van der Waals surface area contributed by atoms with Crippen LogP contribution in [0.15, 0.2) is 17.3 Å². The zero-order valence-corrected chi connectivity index (χ0v) is 21.5. The Kier molecular flexibility index (Phi) is 7.87. The van der Waals surface area contributed by atoms with Crippen LogP contribution in [0.2, 0.25) is 0 Å². The van der Waals surface area contributed by atoms with Crippen molar-refractivity contribution in [1.29, 1.82) is 0 Å². The number of nitrogens with one attached hydrogen (secondary N) is 1. The molecule has 4 saturated carbocycles. The number of hydrogen-bond donors (Lipinski definition) is 4. The maximum Gasteiger partial charge on any atom is 0.243 e. The first kappa shape index (κ1) is 26.5. The van der Waals surface area contributed by atoms with E-state index >= 15 is 0 Å². The van der Waals surface area contributed by atoms with E-state index in [1.54, 1.807) is 0 Å². The molecule has 1 amide bonds. The van der Waals surface area contributed by atoms with E-state index in [0.717, 1.165) is 57.8 Å². The Morgan fingerprint density at radius 1 is 1.17 bits per heavy atom. The summed E-state index contributed by atoms with van der Waals surface area (Å²) in [6.07, 6.45) is 10.4. The van der Waals surface area contributed by atoms with E-state index in [2.05, 4.69) is 36.1 Å². The lowest BCUT2D eigenvalue weighted by Gasteiger charge is -2.63. The monoisotopic (exact) mass is 488 g/mol. The van der Waals surface area contributed by atoms with Crippen LogP contribution in [0.1, 0.15) is 78.6 Å². The molecule has 4 N–H and O–H groups in total. The molecule has 0 aromatic heterocycles. The van der Waals surface area contributed by atoms with Gasteiger partial charge in [0.25, 0.3) is 0 Å². The molecule has 0 aromatic carbocycles. The maximum absolute atomic E-state index is 11.8. The van der Waals surface area contributed by atoms with Crippen LogP contribution < -0.4 is 5.32 Å². The minimum atomic E-state index is -0.375. The fourth-order valence-corrected chi connectivity index (χ4v) is 9.09. The zero-order valence-electron chi connectivity index (χ0n) is 21.5. The van der Waals surface area contributed by atoms with Gasteiger partial charge in [0, 0.05) is 4.91 Å². The Bertz CT molecular complexity index is 860. The average molecular weight is 489 g/mol. The van der Waals surface area contributed by atoms with Gasteiger partial charge in [-0.2, -0.15) is 0 Å². The molecular formula is C27H44N4O4. The molecule has 0 heterocycles. The van der Waals surface area contributed by atoms with E-state index in [4.69, 9.17) is 5.53 Å². The Labute approximate surface area is 209 Å². The molecule has 4 aliphatic carbocycles. The van der Waals surface area contributed by atoms with Gasteiger partial charge in [0.05, 0.1) is 25.0 Å². The zero-order chi connectivity index (χ0) is 25.4. The van der Waals surface area contributed by atoms with Gasteiger partial charge >= 0.3 is 0 Å². The molecule has 8 heteroatoms. The van der Waals surface area contributed by atoms with Gasteiger partial charge in [-0.15, -0.1) is 0 Å². The average Bonchev–Trinajstić information content (AvgIpc) is 3.17.